The van der Waals surface area contributed by atoms with Gasteiger partial charge in [-0.1, -0.05) is 23.8 Å². The molecular weight excluding hydrogens is 224 g/mol. The fourth-order valence-corrected chi connectivity index (χ4v) is 2.63. The first kappa shape index (κ1) is 13.2. The highest BCUT2D eigenvalue weighted by atomic mass is 32.2. The molecule has 0 fully saturated rings. The van der Waals surface area contributed by atoms with E-state index < -0.39 is 9.84 Å². The van der Waals surface area contributed by atoms with Gasteiger partial charge in [-0.3, -0.25) is 11.3 Å². The predicted molar refractivity (Wildman–Crippen MR) is 65.7 cm³/mol. The minimum atomic E-state index is -3.05. The Morgan fingerprint density at radius 1 is 1.38 bits per heavy atom. The molecule has 16 heavy (non-hydrogen) atoms. The van der Waals surface area contributed by atoms with Gasteiger partial charge < -0.3 is 0 Å². The summed E-state index contributed by atoms with van der Waals surface area (Å²) in [4.78, 5) is 0. The zero-order valence-corrected chi connectivity index (χ0v) is 10.6. The fraction of sp³-hybridized carbons (Fsp3) is 0.455. The molecular formula is C11H18N2O2S. The zero-order chi connectivity index (χ0) is 12.3. The number of hydrogen-bond acceptors (Lipinski definition) is 4. The van der Waals surface area contributed by atoms with Crippen LogP contribution in [0.25, 0.3) is 0 Å². The van der Waals surface area contributed by atoms with Crippen molar-refractivity contribution in [1.82, 2.24) is 5.43 Å². The molecule has 1 unspecified atom stereocenters. The molecule has 0 aromatic heterocycles. The summed E-state index contributed by atoms with van der Waals surface area (Å²) in [6.07, 6.45) is 1.21. The summed E-state index contributed by atoms with van der Waals surface area (Å²) in [5.74, 6) is 5.41. The van der Waals surface area contributed by atoms with Crippen LogP contribution >= 0.6 is 0 Å². The molecule has 0 aliphatic carbocycles. The Labute approximate surface area is 96.7 Å². The summed E-state index contributed by atoms with van der Waals surface area (Å²) in [6.45, 7) is 3.95. The maximum absolute atomic E-state index is 11.3. The van der Waals surface area contributed by atoms with Crippen LogP contribution in [-0.2, 0) is 9.84 Å². The maximum atomic E-state index is 11.3. The lowest BCUT2D eigenvalue weighted by atomic mass is 10.0. The second-order valence-electron chi connectivity index (χ2n) is 4.17. The Bertz CT molecular complexity index is 469. The van der Waals surface area contributed by atoms with Gasteiger partial charge in [0.1, 0.15) is 9.84 Å². The SMILES string of the molecule is Cc1ccc(C(CS(C)(=O)=O)NN)c(C)c1. The Morgan fingerprint density at radius 2 is 2.00 bits per heavy atom. The van der Waals surface area contributed by atoms with Crippen LogP contribution in [0, 0.1) is 13.8 Å². The Kier molecular flexibility index (Phi) is 4.07. The molecule has 0 saturated heterocycles. The molecule has 4 nitrogen and oxygen atoms in total. The van der Waals surface area contributed by atoms with E-state index in [1.54, 1.807) is 0 Å². The molecule has 0 heterocycles. The van der Waals surface area contributed by atoms with E-state index in [0.29, 0.717) is 0 Å². The summed E-state index contributed by atoms with van der Waals surface area (Å²) in [7, 11) is -3.05. The molecule has 0 aliphatic heterocycles. The quantitative estimate of drug-likeness (QED) is 0.606. The van der Waals surface area contributed by atoms with Gasteiger partial charge in [0, 0.05) is 6.26 Å². The maximum Gasteiger partial charge on any atom is 0.149 e. The van der Waals surface area contributed by atoms with Gasteiger partial charge >= 0.3 is 0 Å². The first-order chi connectivity index (χ1) is 7.33. The van der Waals surface area contributed by atoms with Gasteiger partial charge in [-0.05, 0) is 25.0 Å². The number of nitrogens with one attached hydrogen (secondary N) is 1. The van der Waals surface area contributed by atoms with E-state index >= 15 is 0 Å². The molecule has 1 aromatic carbocycles. The molecule has 0 bridgehead atoms. The van der Waals surface area contributed by atoms with Gasteiger partial charge in [0.25, 0.3) is 0 Å². The van der Waals surface area contributed by atoms with E-state index in [0.717, 1.165) is 16.7 Å². The number of hydrazine groups is 1. The number of sulfone groups is 1. The third-order valence-corrected chi connectivity index (χ3v) is 3.41. The van der Waals surface area contributed by atoms with Crippen molar-refractivity contribution in [2.45, 2.75) is 19.9 Å². The highest BCUT2D eigenvalue weighted by Crippen LogP contribution is 2.19. The van der Waals surface area contributed by atoms with E-state index in [9.17, 15) is 8.42 Å². The number of rotatable bonds is 4. The van der Waals surface area contributed by atoms with Crippen molar-refractivity contribution in [3.8, 4) is 0 Å². The summed E-state index contributed by atoms with van der Waals surface area (Å²) in [6, 6.07) is 5.53. The van der Waals surface area contributed by atoms with Gasteiger partial charge in [-0.15, -0.1) is 0 Å². The number of hydrogen-bond donors (Lipinski definition) is 2. The van der Waals surface area contributed by atoms with Gasteiger partial charge in [-0.2, -0.15) is 0 Å². The standard InChI is InChI=1S/C11H18N2O2S/c1-8-4-5-10(9(2)6-8)11(13-12)7-16(3,14)15/h4-6,11,13H,7,12H2,1-3H3. The van der Waals surface area contributed by atoms with Crippen LogP contribution in [0.3, 0.4) is 0 Å². The molecule has 3 N–H and O–H groups in total. The Balaban J connectivity index is 3.04. The normalized spacial score (nSPS) is 13.8. The summed E-state index contributed by atoms with van der Waals surface area (Å²) < 4.78 is 22.5. The van der Waals surface area contributed by atoms with E-state index in [4.69, 9.17) is 5.84 Å². The van der Waals surface area contributed by atoms with Crippen molar-refractivity contribution in [3.05, 3.63) is 34.9 Å². The minimum Gasteiger partial charge on any atom is -0.271 e. The van der Waals surface area contributed by atoms with Crippen molar-refractivity contribution >= 4 is 9.84 Å². The molecule has 0 aliphatic rings. The van der Waals surface area contributed by atoms with Crippen LogP contribution in [0.4, 0.5) is 0 Å². The van der Waals surface area contributed by atoms with Crippen molar-refractivity contribution in [1.29, 1.82) is 0 Å². The number of aryl methyl sites for hydroxylation is 2. The highest BCUT2D eigenvalue weighted by molar-refractivity contribution is 7.90. The first-order valence-corrected chi connectivity index (χ1v) is 7.10. The van der Waals surface area contributed by atoms with E-state index in [2.05, 4.69) is 5.43 Å². The van der Waals surface area contributed by atoms with Crippen LogP contribution in [0.1, 0.15) is 22.7 Å². The third kappa shape index (κ3) is 3.59. The van der Waals surface area contributed by atoms with Crippen molar-refractivity contribution in [2.24, 2.45) is 5.84 Å². The average molecular weight is 242 g/mol. The lowest BCUT2D eigenvalue weighted by molar-refractivity contribution is 0.563. The first-order valence-electron chi connectivity index (χ1n) is 5.04. The topological polar surface area (TPSA) is 72.2 Å². The van der Waals surface area contributed by atoms with Crippen LogP contribution in [0.5, 0.6) is 0 Å². The van der Waals surface area contributed by atoms with Gasteiger partial charge in [0.05, 0.1) is 11.8 Å². The molecule has 0 radical (unpaired) electrons. The fourth-order valence-electron chi connectivity index (χ4n) is 1.75. The molecule has 90 valence electrons. The molecule has 0 amide bonds. The van der Waals surface area contributed by atoms with Crippen molar-refractivity contribution in [3.63, 3.8) is 0 Å². The lowest BCUT2D eigenvalue weighted by Crippen LogP contribution is -2.33. The van der Waals surface area contributed by atoms with E-state index in [1.807, 2.05) is 32.0 Å². The highest BCUT2D eigenvalue weighted by Gasteiger charge is 2.17. The van der Waals surface area contributed by atoms with E-state index in [-0.39, 0.29) is 11.8 Å². The van der Waals surface area contributed by atoms with Crippen LogP contribution < -0.4 is 11.3 Å². The van der Waals surface area contributed by atoms with Crippen LogP contribution in [0.2, 0.25) is 0 Å². The monoisotopic (exact) mass is 242 g/mol. The van der Waals surface area contributed by atoms with Crippen molar-refractivity contribution < 1.29 is 8.42 Å². The number of benzene rings is 1. The molecule has 0 saturated carbocycles. The largest absolute Gasteiger partial charge is 0.271 e. The third-order valence-electron chi connectivity index (χ3n) is 2.47. The van der Waals surface area contributed by atoms with Gasteiger partial charge in [0.2, 0.25) is 0 Å². The molecule has 0 spiro atoms. The summed E-state index contributed by atoms with van der Waals surface area (Å²) >= 11 is 0. The smallest absolute Gasteiger partial charge is 0.149 e. The molecule has 1 aromatic rings. The number of nitrogens with two attached hydrogens (primary N) is 1. The minimum absolute atomic E-state index is 0.00734. The van der Waals surface area contributed by atoms with Gasteiger partial charge in [0.15, 0.2) is 0 Å². The second kappa shape index (κ2) is 4.95. The summed E-state index contributed by atoms with van der Waals surface area (Å²) in [5, 5.41) is 0. The Morgan fingerprint density at radius 3 is 2.44 bits per heavy atom. The molecule has 5 heteroatoms. The van der Waals surface area contributed by atoms with Crippen LogP contribution in [-0.4, -0.2) is 20.4 Å². The predicted octanol–water partition coefficient (Wildman–Crippen LogP) is 0.852. The van der Waals surface area contributed by atoms with Crippen molar-refractivity contribution in [2.75, 3.05) is 12.0 Å². The van der Waals surface area contributed by atoms with E-state index in [1.165, 1.54) is 6.26 Å². The molecule has 1 atom stereocenters. The zero-order valence-electron chi connectivity index (χ0n) is 9.82. The van der Waals surface area contributed by atoms with Crippen LogP contribution in [0.15, 0.2) is 18.2 Å². The lowest BCUT2D eigenvalue weighted by Gasteiger charge is -2.17. The Hall–Kier alpha value is -0.910. The average Bonchev–Trinajstić information content (AvgIpc) is 2.13. The summed E-state index contributed by atoms with van der Waals surface area (Å²) in [5.41, 5.74) is 5.68. The second-order valence-corrected chi connectivity index (χ2v) is 6.36. The molecule has 1 rings (SSSR count). The van der Waals surface area contributed by atoms with Gasteiger partial charge in [-0.25, -0.2) is 8.42 Å².